The van der Waals surface area contributed by atoms with E-state index in [2.05, 4.69) is 0 Å². The van der Waals surface area contributed by atoms with Crippen molar-refractivity contribution >= 4 is 40.3 Å². The molecule has 0 atom stereocenters. The predicted molar refractivity (Wildman–Crippen MR) is 122 cm³/mol. The first kappa shape index (κ1) is 20.3. The third kappa shape index (κ3) is 4.96. The molecule has 6 heteroatoms. The van der Waals surface area contributed by atoms with Crippen LogP contribution >= 0.6 is 24.0 Å². The van der Waals surface area contributed by atoms with Gasteiger partial charge in [0, 0.05) is 0 Å². The Morgan fingerprint density at radius 2 is 1.73 bits per heavy atom. The third-order valence-corrected chi connectivity index (χ3v) is 5.91. The van der Waals surface area contributed by atoms with Gasteiger partial charge in [-0.05, 0) is 47.0 Å². The second kappa shape index (κ2) is 9.24. The van der Waals surface area contributed by atoms with E-state index in [0.29, 0.717) is 28.1 Å². The van der Waals surface area contributed by atoms with E-state index in [-0.39, 0.29) is 11.7 Å². The zero-order valence-corrected chi connectivity index (χ0v) is 17.6. The SMILES string of the molecule is O=C1/C(=C/c2cccc(OCc3ccc(F)cc3)c2)SC(=S)N1Cc1ccccc1. The van der Waals surface area contributed by atoms with Crippen LogP contribution in [-0.2, 0) is 17.9 Å². The molecule has 4 rings (SSSR count). The van der Waals surface area contributed by atoms with Gasteiger partial charge in [-0.1, -0.05) is 78.6 Å². The molecule has 0 aliphatic carbocycles. The number of benzene rings is 3. The number of nitrogens with zero attached hydrogens (tertiary/aromatic N) is 1. The Kier molecular flexibility index (Phi) is 6.26. The zero-order chi connectivity index (χ0) is 20.9. The van der Waals surface area contributed by atoms with Gasteiger partial charge in [0.05, 0.1) is 11.4 Å². The average molecular weight is 436 g/mol. The van der Waals surface area contributed by atoms with Crippen molar-refractivity contribution in [2.75, 3.05) is 0 Å². The Morgan fingerprint density at radius 1 is 0.967 bits per heavy atom. The average Bonchev–Trinajstić information content (AvgIpc) is 3.02. The largest absolute Gasteiger partial charge is 0.489 e. The molecule has 0 radical (unpaired) electrons. The minimum Gasteiger partial charge on any atom is -0.489 e. The van der Waals surface area contributed by atoms with Crippen LogP contribution in [0.2, 0.25) is 0 Å². The number of carbonyl (C=O) groups is 1. The van der Waals surface area contributed by atoms with Crippen molar-refractivity contribution in [3.63, 3.8) is 0 Å². The molecule has 3 aromatic carbocycles. The Balaban J connectivity index is 1.45. The van der Waals surface area contributed by atoms with Crippen LogP contribution in [0, 0.1) is 5.82 Å². The molecule has 1 saturated heterocycles. The fourth-order valence-electron chi connectivity index (χ4n) is 3.00. The molecular weight excluding hydrogens is 417 g/mol. The van der Waals surface area contributed by atoms with Crippen molar-refractivity contribution in [1.82, 2.24) is 4.90 Å². The fourth-order valence-corrected chi connectivity index (χ4v) is 4.25. The van der Waals surface area contributed by atoms with Crippen LogP contribution in [0.3, 0.4) is 0 Å². The molecule has 0 N–H and O–H groups in total. The first-order valence-corrected chi connectivity index (χ1v) is 10.6. The number of halogens is 1. The summed E-state index contributed by atoms with van der Waals surface area (Å²) < 4.78 is 19.4. The summed E-state index contributed by atoms with van der Waals surface area (Å²) in [5.41, 5.74) is 2.77. The summed E-state index contributed by atoms with van der Waals surface area (Å²) in [6, 6.07) is 23.5. The van der Waals surface area contributed by atoms with Crippen LogP contribution in [0.25, 0.3) is 6.08 Å². The van der Waals surface area contributed by atoms with E-state index in [4.69, 9.17) is 17.0 Å². The number of rotatable bonds is 6. The number of thiocarbonyl (C=S) groups is 1. The van der Waals surface area contributed by atoms with E-state index in [9.17, 15) is 9.18 Å². The molecule has 30 heavy (non-hydrogen) atoms. The van der Waals surface area contributed by atoms with Gasteiger partial charge in [-0.25, -0.2) is 4.39 Å². The smallest absolute Gasteiger partial charge is 0.266 e. The maximum absolute atomic E-state index is 13.0. The highest BCUT2D eigenvalue weighted by atomic mass is 32.2. The van der Waals surface area contributed by atoms with Gasteiger partial charge >= 0.3 is 0 Å². The van der Waals surface area contributed by atoms with E-state index >= 15 is 0 Å². The van der Waals surface area contributed by atoms with Gasteiger partial charge in [-0.3, -0.25) is 9.69 Å². The van der Waals surface area contributed by atoms with Gasteiger partial charge in [0.1, 0.15) is 22.5 Å². The maximum atomic E-state index is 13.0. The topological polar surface area (TPSA) is 29.5 Å². The number of carbonyl (C=O) groups excluding carboxylic acids is 1. The monoisotopic (exact) mass is 435 g/mol. The Hall–Kier alpha value is -2.96. The van der Waals surface area contributed by atoms with Gasteiger partial charge in [-0.2, -0.15) is 0 Å². The van der Waals surface area contributed by atoms with Crippen LogP contribution in [0.1, 0.15) is 16.7 Å². The quantitative estimate of drug-likeness (QED) is 0.361. The molecule has 1 fully saturated rings. The highest BCUT2D eigenvalue weighted by Gasteiger charge is 2.31. The lowest BCUT2D eigenvalue weighted by atomic mass is 10.2. The maximum Gasteiger partial charge on any atom is 0.266 e. The number of thioether (sulfide) groups is 1. The van der Waals surface area contributed by atoms with Crippen molar-refractivity contribution in [3.8, 4) is 5.75 Å². The lowest BCUT2D eigenvalue weighted by molar-refractivity contribution is -0.122. The molecule has 1 aliphatic rings. The number of hydrogen-bond acceptors (Lipinski definition) is 4. The highest BCUT2D eigenvalue weighted by Crippen LogP contribution is 2.34. The first-order chi connectivity index (χ1) is 14.6. The first-order valence-electron chi connectivity index (χ1n) is 9.35. The molecule has 0 unspecified atom stereocenters. The van der Waals surface area contributed by atoms with Gasteiger partial charge in [0.2, 0.25) is 0 Å². The van der Waals surface area contributed by atoms with Crippen LogP contribution in [0.15, 0.2) is 83.8 Å². The molecule has 3 aromatic rings. The Bertz CT molecular complexity index is 1100. The molecule has 0 saturated carbocycles. The minimum atomic E-state index is -0.273. The van der Waals surface area contributed by atoms with E-state index in [1.165, 1.54) is 23.9 Å². The second-order valence-corrected chi connectivity index (χ2v) is 8.42. The molecule has 1 amide bonds. The summed E-state index contributed by atoms with van der Waals surface area (Å²) in [7, 11) is 0. The molecule has 1 heterocycles. The van der Waals surface area contributed by atoms with Gasteiger partial charge in [-0.15, -0.1) is 0 Å². The molecule has 1 aliphatic heterocycles. The van der Waals surface area contributed by atoms with Crippen molar-refractivity contribution in [2.45, 2.75) is 13.2 Å². The van der Waals surface area contributed by atoms with Crippen molar-refractivity contribution in [2.24, 2.45) is 0 Å². The molecule has 0 bridgehead atoms. The van der Waals surface area contributed by atoms with Crippen molar-refractivity contribution in [3.05, 3.63) is 106 Å². The van der Waals surface area contributed by atoms with Crippen molar-refractivity contribution in [1.29, 1.82) is 0 Å². The lowest BCUT2D eigenvalue weighted by Crippen LogP contribution is -2.27. The summed E-state index contributed by atoms with van der Waals surface area (Å²) in [4.78, 5) is 15.0. The second-order valence-electron chi connectivity index (χ2n) is 6.74. The lowest BCUT2D eigenvalue weighted by Gasteiger charge is -2.14. The van der Waals surface area contributed by atoms with E-state index in [1.807, 2.05) is 60.7 Å². The van der Waals surface area contributed by atoms with E-state index in [1.54, 1.807) is 17.0 Å². The predicted octanol–water partition coefficient (Wildman–Crippen LogP) is 5.81. The minimum absolute atomic E-state index is 0.0912. The summed E-state index contributed by atoms with van der Waals surface area (Å²) in [5, 5.41) is 0. The number of ether oxygens (including phenoxy) is 1. The highest BCUT2D eigenvalue weighted by molar-refractivity contribution is 8.26. The van der Waals surface area contributed by atoms with Crippen LogP contribution in [0.4, 0.5) is 4.39 Å². The van der Waals surface area contributed by atoms with Gasteiger partial charge < -0.3 is 4.74 Å². The van der Waals surface area contributed by atoms with Crippen LogP contribution in [0.5, 0.6) is 5.75 Å². The number of hydrogen-bond donors (Lipinski definition) is 0. The number of amides is 1. The Labute approximate surface area is 184 Å². The Morgan fingerprint density at radius 3 is 2.50 bits per heavy atom. The summed E-state index contributed by atoms with van der Waals surface area (Å²) in [5.74, 6) is 0.310. The van der Waals surface area contributed by atoms with Gasteiger partial charge in [0.15, 0.2) is 0 Å². The van der Waals surface area contributed by atoms with Crippen LogP contribution in [-0.4, -0.2) is 15.1 Å². The van der Waals surface area contributed by atoms with Gasteiger partial charge in [0.25, 0.3) is 5.91 Å². The zero-order valence-electron chi connectivity index (χ0n) is 16.0. The molecule has 0 aromatic heterocycles. The summed E-state index contributed by atoms with van der Waals surface area (Å²) >= 11 is 6.72. The van der Waals surface area contributed by atoms with E-state index < -0.39 is 0 Å². The normalized spacial score (nSPS) is 15.1. The summed E-state index contributed by atoms with van der Waals surface area (Å²) in [6.45, 7) is 0.798. The fraction of sp³-hybridized carbons (Fsp3) is 0.0833. The van der Waals surface area contributed by atoms with E-state index in [0.717, 1.165) is 16.7 Å². The molecule has 0 spiro atoms. The standard InChI is InChI=1S/C24H18FNO2S2/c25-20-11-9-18(10-12-20)16-28-21-8-4-7-19(13-21)14-22-23(27)26(24(29)30-22)15-17-5-2-1-3-6-17/h1-14H,15-16H2/b22-14-. The summed E-state index contributed by atoms with van der Waals surface area (Å²) in [6.07, 6.45) is 1.83. The molecule has 3 nitrogen and oxygen atoms in total. The molecular formula is C24H18FNO2S2. The van der Waals surface area contributed by atoms with Crippen molar-refractivity contribution < 1.29 is 13.9 Å². The third-order valence-electron chi connectivity index (χ3n) is 4.53. The molecule has 150 valence electrons. The van der Waals surface area contributed by atoms with Crippen LogP contribution < -0.4 is 4.74 Å².